The number of halogens is 4. The van der Waals surface area contributed by atoms with Gasteiger partial charge in [-0.3, -0.25) is 4.79 Å². The lowest BCUT2D eigenvalue weighted by Gasteiger charge is -2.31. The lowest BCUT2D eigenvalue weighted by atomic mass is 9.98. The Labute approximate surface area is 187 Å². The number of nitrogens with one attached hydrogen (secondary N) is 1. The molecule has 0 bridgehead atoms. The fraction of sp³-hybridized carbons (Fsp3) is 0.316. The maximum atomic E-state index is 14.0. The van der Waals surface area contributed by atoms with Gasteiger partial charge < -0.3 is 5.32 Å². The van der Waals surface area contributed by atoms with Crippen LogP contribution in [0.1, 0.15) is 18.4 Å². The number of benzene rings is 2. The molecule has 1 atom stereocenters. The molecule has 0 spiro atoms. The van der Waals surface area contributed by atoms with E-state index in [2.05, 4.69) is 21.2 Å². The Morgan fingerprint density at radius 2 is 2.00 bits per heavy atom. The second-order valence-electron chi connectivity index (χ2n) is 6.80. The van der Waals surface area contributed by atoms with Crippen molar-refractivity contribution in [3.63, 3.8) is 0 Å². The normalized spacial score (nSPS) is 17.9. The van der Waals surface area contributed by atoms with Crippen LogP contribution in [0, 0.1) is 11.7 Å². The third-order valence-electron chi connectivity index (χ3n) is 4.69. The lowest BCUT2D eigenvalue weighted by molar-refractivity contribution is -0.120. The molecule has 0 aliphatic carbocycles. The summed E-state index contributed by atoms with van der Waals surface area (Å²) in [6.07, 6.45) is 1.06. The Morgan fingerprint density at radius 1 is 1.24 bits per heavy atom. The summed E-state index contributed by atoms with van der Waals surface area (Å²) < 4.78 is 41.5. The van der Waals surface area contributed by atoms with Crippen LogP contribution >= 0.6 is 39.1 Å². The Bertz CT molecular complexity index is 1040. The van der Waals surface area contributed by atoms with Crippen LogP contribution in [0.3, 0.4) is 0 Å². The van der Waals surface area contributed by atoms with Crippen LogP contribution in [-0.2, 0) is 20.6 Å². The summed E-state index contributed by atoms with van der Waals surface area (Å²) in [5.74, 6) is -1.82. The highest BCUT2D eigenvalue weighted by Gasteiger charge is 2.33. The van der Waals surface area contributed by atoms with Crippen LogP contribution in [0.25, 0.3) is 0 Å². The largest absolute Gasteiger partial charge is 0.323 e. The Balaban J connectivity index is 1.69. The first-order chi connectivity index (χ1) is 13.7. The summed E-state index contributed by atoms with van der Waals surface area (Å²) in [5.41, 5.74) is 0.505. The van der Waals surface area contributed by atoms with Crippen molar-refractivity contribution in [2.45, 2.75) is 18.6 Å². The quantitative estimate of drug-likeness (QED) is 0.594. The lowest BCUT2D eigenvalue weighted by Crippen LogP contribution is -2.44. The van der Waals surface area contributed by atoms with Gasteiger partial charge in [-0.2, -0.15) is 0 Å². The minimum Gasteiger partial charge on any atom is -0.323 e. The molecule has 2 aromatic carbocycles. The predicted octanol–water partition coefficient (Wildman–Crippen LogP) is 5.08. The average Bonchev–Trinajstić information content (AvgIpc) is 2.66. The summed E-state index contributed by atoms with van der Waals surface area (Å²) in [5, 5.41) is 3.25. The molecule has 1 aliphatic heterocycles. The van der Waals surface area contributed by atoms with E-state index in [1.165, 1.54) is 22.5 Å². The fourth-order valence-electron chi connectivity index (χ4n) is 3.16. The number of sulfonamides is 1. The minimum atomic E-state index is -3.68. The maximum absolute atomic E-state index is 14.0. The van der Waals surface area contributed by atoms with Crippen molar-refractivity contribution >= 4 is 60.7 Å². The maximum Gasteiger partial charge on any atom is 0.228 e. The summed E-state index contributed by atoms with van der Waals surface area (Å²) in [6, 6.07) is 8.98. The number of rotatable bonds is 5. The number of piperidine rings is 1. The van der Waals surface area contributed by atoms with Crippen molar-refractivity contribution in [2.24, 2.45) is 5.92 Å². The van der Waals surface area contributed by atoms with Gasteiger partial charge in [0.1, 0.15) is 5.82 Å². The number of carbonyl (C=O) groups is 1. The number of amides is 1. The predicted molar refractivity (Wildman–Crippen MR) is 116 cm³/mol. The fourth-order valence-corrected chi connectivity index (χ4v) is 5.69. The van der Waals surface area contributed by atoms with Crippen molar-refractivity contribution in [1.29, 1.82) is 0 Å². The monoisotopic (exact) mass is 522 g/mol. The van der Waals surface area contributed by atoms with E-state index in [9.17, 15) is 17.6 Å². The van der Waals surface area contributed by atoms with Gasteiger partial charge in [-0.15, -0.1) is 0 Å². The van der Waals surface area contributed by atoms with Gasteiger partial charge in [-0.05, 0) is 48.7 Å². The number of hydrogen-bond donors (Lipinski definition) is 1. The third-order valence-corrected chi connectivity index (χ3v) is 7.56. The van der Waals surface area contributed by atoms with Crippen molar-refractivity contribution in [3.05, 3.63) is 62.3 Å². The number of nitrogens with zero attached hydrogens (tertiary/aromatic N) is 1. The summed E-state index contributed by atoms with van der Waals surface area (Å²) in [6.45, 7) is 0.363. The smallest absolute Gasteiger partial charge is 0.228 e. The van der Waals surface area contributed by atoms with Gasteiger partial charge in [0.25, 0.3) is 0 Å². The van der Waals surface area contributed by atoms with Gasteiger partial charge in [-0.1, -0.05) is 45.2 Å². The first-order valence-electron chi connectivity index (χ1n) is 8.83. The van der Waals surface area contributed by atoms with E-state index >= 15 is 0 Å². The molecule has 1 saturated heterocycles. The number of hydrogen-bond acceptors (Lipinski definition) is 3. The van der Waals surface area contributed by atoms with E-state index in [0.29, 0.717) is 34.4 Å². The first kappa shape index (κ1) is 22.5. The molecule has 1 fully saturated rings. The molecule has 0 aromatic heterocycles. The van der Waals surface area contributed by atoms with Crippen molar-refractivity contribution in [2.75, 3.05) is 18.4 Å². The van der Waals surface area contributed by atoms with Crippen molar-refractivity contribution in [3.8, 4) is 0 Å². The molecule has 0 saturated carbocycles. The highest BCUT2D eigenvalue weighted by atomic mass is 79.9. The summed E-state index contributed by atoms with van der Waals surface area (Å²) in [7, 11) is -3.68. The molecule has 2 aromatic rings. The van der Waals surface area contributed by atoms with Crippen LogP contribution in [0.2, 0.25) is 10.0 Å². The SMILES string of the molecule is O=C(Nc1ccc(Br)cc1F)C1CCCN(S(=O)(=O)Cc2ccc(Cl)cc2Cl)C1. The van der Waals surface area contributed by atoms with E-state index in [4.69, 9.17) is 23.2 Å². The van der Waals surface area contributed by atoms with E-state index < -0.39 is 27.7 Å². The van der Waals surface area contributed by atoms with Crippen LogP contribution in [0.5, 0.6) is 0 Å². The highest BCUT2D eigenvalue weighted by molar-refractivity contribution is 9.10. The molecule has 29 heavy (non-hydrogen) atoms. The zero-order chi connectivity index (χ0) is 21.2. The molecule has 10 heteroatoms. The van der Waals surface area contributed by atoms with Crippen LogP contribution in [-0.4, -0.2) is 31.7 Å². The molecule has 1 heterocycles. The Morgan fingerprint density at radius 3 is 2.69 bits per heavy atom. The van der Waals surface area contributed by atoms with Crippen molar-refractivity contribution < 1.29 is 17.6 Å². The Hall–Kier alpha value is -1.19. The summed E-state index contributed by atoms with van der Waals surface area (Å²) in [4.78, 5) is 12.6. The second kappa shape index (κ2) is 9.31. The molecule has 156 valence electrons. The number of anilines is 1. The minimum absolute atomic E-state index is 0.0392. The van der Waals surface area contributed by atoms with Gasteiger partial charge in [-0.25, -0.2) is 17.1 Å². The van der Waals surface area contributed by atoms with Gasteiger partial charge in [0.2, 0.25) is 15.9 Å². The molecular weight excluding hydrogens is 506 g/mol. The van der Waals surface area contributed by atoms with E-state index in [1.807, 2.05) is 0 Å². The average molecular weight is 524 g/mol. The molecule has 0 radical (unpaired) electrons. The zero-order valence-electron chi connectivity index (χ0n) is 15.2. The molecule has 1 amide bonds. The second-order valence-corrected chi connectivity index (χ2v) is 10.5. The zero-order valence-corrected chi connectivity index (χ0v) is 19.1. The molecule has 5 nitrogen and oxygen atoms in total. The molecule has 1 unspecified atom stereocenters. The van der Waals surface area contributed by atoms with Gasteiger partial charge in [0, 0.05) is 27.6 Å². The topological polar surface area (TPSA) is 66.5 Å². The highest BCUT2D eigenvalue weighted by Crippen LogP contribution is 2.27. The Kier molecular flexibility index (Phi) is 7.22. The molecule has 1 aliphatic rings. The van der Waals surface area contributed by atoms with Crippen LogP contribution in [0.15, 0.2) is 40.9 Å². The molecular formula is C19H18BrCl2FN2O3S. The van der Waals surface area contributed by atoms with E-state index in [-0.39, 0.29) is 23.0 Å². The van der Waals surface area contributed by atoms with E-state index in [1.54, 1.807) is 18.2 Å². The van der Waals surface area contributed by atoms with Gasteiger partial charge in [0.05, 0.1) is 17.4 Å². The van der Waals surface area contributed by atoms with Crippen molar-refractivity contribution in [1.82, 2.24) is 4.31 Å². The standard InChI is InChI=1S/C19H18BrCl2FN2O3S/c20-14-4-6-18(17(23)8-14)24-19(26)12-2-1-7-25(10-12)29(27,28)11-13-3-5-15(21)9-16(13)22/h3-6,8-9,12H,1-2,7,10-11H2,(H,24,26). The number of carbonyl (C=O) groups excluding carboxylic acids is 1. The molecule has 3 rings (SSSR count). The first-order valence-corrected chi connectivity index (χ1v) is 12.0. The summed E-state index contributed by atoms with van der Waals surface area (Å²) >= 11 is 15.1. The third kappa shape index (κ3) is 5.70. The van der Waals surface area contributed by atoms with Gasteiger partial charge >= 0.3 is 0 Å². The molecule has 1 N–H and O–H groups in total. The van der Waals surface area contributed by atoms with E-state index in [0.717, 1.165) is 0 Å². The van der Waals surface area contributed by atoms with Crippen LogP contribution < -0.4 is 5.32 Å². The van der Waals surface area contributed by atoms with Crippen LogP contribution in [0.4, 0.5) is 10.1 Å². The van der Waals surface area contributed by atoms with Gasteiger partial charge in [0.15, 0.2) is 0 Å².